The Morgan fingerprint density at radius 3 is 2.56 bits per heavy atom. The van der Waals surface area contributed by atoms with Gasteiger partial charge in [0.1, 0.15) is 0 Å². The van der Waals surface area contributed by atoms with Gasteiger partial charge in [-0.05, 0) is 37.4 Å². The van der Waals surface area contributed by atoms with Crippen LogP contribution in [0.3, 0.4) is 0 Å². The van der Waals surface area contributed by atoms with Crippen molar-refractivity contribution in [2.24, 2.45) is 5.92 Å². The molecule has 3 rings (SSSR count). The standard InChI is InChI=1S/C19H23N3O.2ClH/c1-13-3-5-15(6-4-13)16-9-17(11-21-10-16)19(23)22-18-12-20-8-7-14(18)2;;/h3-6,9-11,14,18,20H,7-8,12H2,1-2H3,(H,22,23);2*1H. The van der Waals surface area contributed by atoms with Crippen molar-refractivity contribution in [3.63, 3.8) is 0 Å². The van der Waals surface area contributed by atoms with Crippen LogP contribution in [0.15, 0.2) is 42.7 Å². The summed E-state index contributed by atoms with van der Waals surface area (Å²) in [5, 5.41) is 6.47. The van der Waals surface area contributed by atoms with E-state index in [-0.39, 0.29) is 36.8 Å². The third-order valence-electron chi connectivity index (χ3n) is 4.53. The molecule has 1 aliphatic heterocycles. The maximum absolute atomic E-state index is 12.5. The molecule has 2 heterocycles. The zero-order valence-electron chi connectivity index (χ0n) is 14.5. The van der Waals surface area contributed by atoms with Gasteiger partial charge in [0.15, 0.2) is 0 Å². The molecular weight excluding hydrogens is 357 g/mol. The van der Waals surface area contributed by atoms with E-state index in [0.29, 0.717) is 11.5 Å². The normalized spacial score (nSPS) is 19.3. The molecule has 0 saturated carbocycles. The number of carbonyl (C=O) groups is 1. The Hall–Kier alpha value is -1.62. The first kappa shape index (κ1) is 21.4. The van der Waals surface area contributed by atoms with E-state index < -0.39 is 0 Å². The Bertz CT molecular complexity index is 691. The van der Waals surface area contributed by atoms with Crippen molar-refractivity contribution >= 4 is 30.7 Å². The molecule has 0 spiro atoms. The Morgan fingerprint density at radius 2 is 1.88 bits per heavy atom. The van der Waals surface area contributed by atoms with Gasteiger partial charge in [-0.25, -0.2) is 0 Å². The van der Waals surface area contributed by atoms with E-state index in [4.69, 9.17) is 0 Å². The lowest BCUT2D eigenvalue weighted by Gasteiger charge is -2.30. The highest BCUT2D eigenvalue weighted by atomic mass is 35.5. The molecule has 136 valence electrons. The summed E-state index contributed by atoms with van der Waals surface area (Å²) in [6, 6.07) is 10.3. The van der Waals surface area contributed by atoms with E-state index in [0.717, 1.165) is 30.6 Å². The number of pyridine rings is 1. The number of benzene rings is 1. The summed E-state index contributed by atoms with van der Waals surface area (Å²) >= 11 is 0. The fraction of sp³-hybridized carbons (Fsp3) is 0.368. The summed E-state index contributed by atoms with van der Waals surface area (Å²) in [6.07, 6.45) is 4.52. The van der Waals surface area contributed by atoms with Crippen molar-refractivity contribution in [3.05, 3.63) is 53.9 Å². The third-order valence-corrected chi connectivity index (χ3v) is 4.53. The molecular formula is C19H25Cl2N3O. The Labute approximate surface area is 161 Å². The summed E-state index contributed by atoms with van der Waals surface area (Å²) in [5.74, 6) is 0.445. The highest BCUT2D eigenvalue weighted by Crippen LogP contribution is 2.20. The second kappa shape index (κ2) is 9.76. The average Bonchev–Trinajstić information content (AvgIpc) is 2.58. The van der Waals surface area contributed by atoms with Gasteiger partial charge in [-0.2, -0.15) is 0 Å². The zero-order valence-corrected chi connectivity index (χ0v) is 16.1. The van der Waals surface area contributed by atoms with E-state index in [1.54, 1.807) is 12.4 Å². The van der Waals surface area contributed by atoms with Crippen LogP contribution < -0.4 is 10.6 Å². The zero-order chi connectivity index (χ0) is 16.2. The smallest absolute Gasteiger partial charge is 0.253 e. The van der Waals surface area contributed by atoms with E-state index in [1.807, 2.05) is 6.07 Å². The fourth-order valence-electron chi connectivity index (χ4n) is 2.90. The van der Waals surface area contributed by atoms with Crippen molar-refractivity contribution in [1.82, 2.24) is 15.6 Å². The molecule has 2 unspecified atom stereocenters. The Morgan fingerprint density at radius 1 is 1.16 bits per heavy atom. The highest BCUT2D eigenvalue weighted by molar-refractivity contribution is 5.95. The molecule has 2 aromatic rings. The Balaban J connectivity index is 0.00000156. The van der Waals surface area contributed by atoms with Crippen molar-refractivity contribution in [1.29, 1.82) is 0 Å². The van der Waals surface area contributed by atoms with Crippen molar-refractivity contribution in [2.75, 3.05) is 13.1 Å². The molecule has 2 N–H and O–H groups in total. The number of hydrogen-bond donors (Lipinski definition) is 2. The van der Waals surface area contributed by atoms with E-state index in [9.17, 15) is 4.79 Å². The van der Waals surface area contributed by atoms with Gasteiger partial charge >= 0.3 is 0 Å². The number of carbonyl (C=O) groups excluding carboxylic acids is 1. The number of halogens is 2. The Kier molecular flexibility index (Phi) is 8.36. The van der Waals surface area contributed by atoms with Gasteiger partial charge in [0, 0.05) is 30.5 Å². The van der Waals surface area contributed by atoms with Crippen LogP contribution in [-0.2, 0) is 0 Å². The van der Waals surface area contributed by atoms with Crippen LogP contribution in [0.4, 0.5) is 0 Å². The van der Waals surface area contributed by atoms with Crippen LogP contribution in [0, 0.1) is 12.8 Å². The molecule has 1 aromatic carbocycles. The summed E-state index contributed by atoms with van der Waals surface area (Å²) in [7, 11) is 0. The first-order valence-corrected chi connectivity index (χ1v) is 8.17. The maximum atomic E-state index is 12.5. The van der Waals surface area contributed by atoms with E-state index in [2.05, 4.69) is 53.7 Å². The first-order chi connectivity index (χ1) is 11.1. The number of nitrogens with one attached hydrogen (secondary N) is 2. The highest BCUT2D eigenvalue weighted by Gasteiger charge is 2.23. The molecule has 1 fully saturated rings. The monoisotopic (exact) mass is 381 g/mol. The molecule has 1 amide bonds. The van der Waals surface area contributed by atoms with Gasteiger partial charge in [0.05, 0.1) is 5.56 Å². The van der Waals surface area contributed by atoms with E-state index >= 15 is 0 Å². The summed E-state index contributed by atoms with van der Waals surface area (Å²) in [6.45, 7) is 6.11. The molecule has 2 atom stereocenters. The number of rotatable bonds is 3. The van der Waals surface area contributed by atoms with Gasteiger partial charge < -0.3 is 10.6 Å². The first-order valence-electron chi connectivity index (χ1n) is 8.17. The van der Waals surface area contributed by atoms with Gasteiger partial charge in [-0.3, -0.25) is 9.78 Å². The van der Waals surface area contributed by atoms with Gasteiger partial charge in [-0.15, -0.1) is 24.8 Å². The lowest BCUT2D eigenvalue weighted by Crippen LogP contribution is -2.50. The maximum Gasteiger partial charge on any atom is 0.253 e. The third kappa shape index (κ3) is 5.43. The summed E-state index contributed by atoms with van der Waals surface area (Å²) in [4.78, 5) is 16.8. The predicted octanol–water partition coefficient (Wildman–Crippen LogP) is 3.63. The number of aryl methyl sites for hydroxylation is 1. The predicted molar refractivity (Wildman–Crippen MR) is 107 cm³/mol. The van der Waals surface area contributed by atoms with Crippen molar-refractivity contribution in [2.45, 2.75) is 26.3 Å². The molecule has 1 aliphatic rings. The number of aromatic nitrogens is 1. The summed E-state index contributed by atoms with van der Waals surface area (Å²) < 4.78 is 0. The van der Waals surface area contributed by atoms with Crippen LogP contribution in [0.25, 0.3) is 11.1 Å². The molecule has 25 heavy (non-hydrogen) atoms. The van der Waals surface area contributed by atoms with Gasteiger partial charge in [0.2, 0.25) is 0 Å². The van der Waals surface area contributed by atoms with Crippen molar-refractivity contribution in [3.8, 4) is 11.1 Å². The van der Waals surface area contributed by atoms with Gasteiger partial charge in [0.25, 0.3) is 5.91 Å². The number of hydrogen-bond acceptors (Lipinski definition) is 3. The molecule has 0 bridgehead atoms. The molecule has 1 saturated heterocycles. The second-order valence-electron chi connectivity index (χ2n) is 6.38. The lowest BCUT2D eigenvalue weighted by atomic mass is 9.94. The van der Waals surface area contributed by atoms with Crippen LogP contribution in [-0.4, -0.2) is 30.0 Å². The fourth-order valence-corrected chi connectivity index (χ4v) is 2.90. The average molecular weight is 382 g/mol. The topological polar surface area (TPSA) is 54.0 Å². The second-order valence-corrected chi connectivity index (χ2v) is 6.38. The van der Waals surface area contributed by atoms with Crippen molar-refractivity contribution < 1.29 is 4.79 Å². The minimum Gasteiger partial charge on any atom is -0.348 e. The minimum atomic E-state index is -0.0491. The minimum absolute atomic E-state index is 0. The summed E-state index contributed by atoms with van der Waals surface area (Å²) in [5.41, 5.74) is 3.87. The van der Waals surface area contributed by atoms with Crippen LogP contribution in [0.5, 0.6) is 0 Å². The van der Waals surface area contributed by atoms with Crippen LogP contribution >= 0.6 is 24.8 Å². The lowest BCUT2D eigenvalue weighted by molar-refractivity contribution is 0.0915. The quantitative estimate of drug-likeness (QED) is 0.853. The number of amides is 1. The van der Waals surface area contributed by atoms with E-state index in [1.165, 1.54) is 5.56 Å². The SMILES string of the molecule is Cc1ccc(-c2cncc(C(=O)NC3CNCCC3C)c2)cc1.Cl.Cl. The largest absolute Gasteiger partial charge is 0.348 e. The molecule has 0 aliphatic carbocycles. The van der Waals surface area contributed by atoms with Crippen LogP contribution in [0.1, 0.15) is 29.3 Å². The molecule has 1 aromatic heterocycles. The molecule has 0 radical (unpaired) electrons. The number of nitrogens with zero attached hydrogens (tertiary/aromatic N) is 1. The molecule has 6 heteroatoms. The molecule has 4 nitrogen and oxygen atoms in total. The van der Waals surface area contributed by atoms with Gasteiger partial charge in [-0.1, -0.05) is 36.8 Å². The number of piperidine rings is 1. The van der Waals surface area contributed by atoms with Crippen LogP contribution in [0.2, 0.25) is 0 Å².